The van der Waals surface area contributed by atoms with Crippen LogP contribution in [0.5, 0.6) is 5.75 Å². The largest absolute Gasteiger partial charge is 0.481 e. The lowest BCUT2D eigenvalue weighted by molar-refractivity contribution is -0.127. The molecule has 0 bridgehead atoms. The summed E-state index contributed by atoms with van der Waals surface area (Å²) in [4.78, 5) is 12.0. The summed E-state index contributed by atoms with van der Waals surface area (Å²) >= 11 is 1.78. The molecule has 0 aliphatic heterocycles. The van der Waals surface area contributed by atoms with E-state index in [1.165, 1.54) is 35.4 Å². The highest BCUT2D eigenvalue weighted by Crippen LogP contribution is 2.15. The van der Waals surface area contributed by atoms with Gasteiger partial charge in [0, 0.05) is 18.1 Å². The molecule has 2 aromatic rings. The minimum atomic E-state index is -0.614. The Morgan fingerprint density at radius 3 is 2.62 bits per heavy atom. The summed E-state index contributed by atoms with van der Waals surface area (Å²) in [5.74, 6) is 1.75. The second kappa shape index (κ2) is 9.33. The Morgan fingerprint density at radius 1 is 1.21 bits per heavy atom. The second-order valence-electron chi connectivity index (χ2n) is 5.48. The summed E-state index contributed by atoms with van der Waals surface area (Å²) < 4.78 is 18.3. The molecule has 5 heteroatoms. The first-order valence-electron chi connectivity index (χ1n) is 7.88. The zero-order chi connectivity index (χ0) is 17.4. The number of carbonyl (C=O) groups is 1. The molecule has 0 unspecified atom stereocenters. The minimum Gasteiger partial charge on any atom is -0.481 e. The fourth-order valence-corrected chi connectivity index (χ4v) is 3.05. The first-order valence-corrected chi connectivity index (χ1v) is 9.04. The number of aryl methyl sites for hydroxylation is 1. The van der Waals surface area contributed by atoms with E-state index in [9.17, 15) is 9.18 Å². The molecule has 0 heterocycles. The van der Waals surface area contributed by atoms with E-state index < -0.39 is 6.10 Å². The maximum absolute atomic E-state index is 12.8. The first kappa shape index (κ1) is 18.3. The van der Waals surface area contributed by atoms with Gasteiger partial charge in [0.1, 0.15) is 11.6 Å². The fraction of sp³-hybridized carbons (Fsp3) is 0.316. The summed E-state index contributed by atoms with van der Waals surface area (Å²) in [5.41, 5.74) is 2.61. The predicted octanol–water partition coefficient (Wildman–Crippen LogP) is 3.95. The maximum atomic E-state index is 12.8. The Kier molecular flexibility index (Phi) is 7.12. The van der Waals surface area contributed by atoms with Crippen molar-refractivity contribution in [2.45, 2.75) is 25.7 Å². The highest BCUT2D eigenvalue weighted by Gasteiger charge is 2.13. The van der Waals surface area contributed by atoms with E-state index >= 15 is 0 Å². The van der Waals surface area contributed by atoms with Crippen LogP contribution in [0.1, 0.15) is 18.1 Å². The molecular weight excluding hydrogens is 325 g/mol. The normalized spacial score (nSPS) is 11.8. The molecule has 2 aromatic carbocycles. The molecule has 0 saturated heterocycles. The number of hydrogen-bond acceptors (Lipinski definition) is 3. The minimum absolute atomic E-state index is 0.171. The average Bonchev–Trinajstić information content (AvgIpc) is 2.58. The van der Waals surface area contributed by atoms with Gasteiger partial charge in [-0.3, -0.25) is 4.79 Å². The fourth-order valence-electron chi connectivity index (χ4n) is 2.12. The maximum Gasteiger partial charge on any atom is 0.260 e. The van der Waals surface area contributed by atoms with Gasteiger partial charge in [0.2, 0.25) is 0 Å². The van der Waals surface area contributed by atoms with E-state index in [0.29, 0.717) is 12.3 Å². The number of benzene rings is 2. The molecule has 3 nitrogen and oxygen atoms in total. The van der Waals surface area contributed by atoms with Gasteiger partial charge in [-0.25, -0.2) is 4.39 Å². The molecule has 2 rings (SSSR count). The van der Waals surface area contributed by atoms with Crippen LogP contribution in [0.15, 0.2) is 48.5 Å². The number of thioether (sulfide) groups is 1. The van der Waals surface area contributed by atoms with Gasteiger partial charge >= 0.3 is 0 Å². The molecule has 0 aliphatic rings. The van der Waals surface area contributed by atoms with Gasteiger partial charge < -0.3 is 10.1 Å². The van der Waals surface area contributed by atoms with Crippen molar-refractivity contribution in [3.63, 3.8) is 0 Å². The monoisotopic (exact) mass is 347 g/mol. The van der Waals surface area contributed by atoms with E-state index in [4.69, 9.17) is 4.74 Å². The van der Waals surface area contributed by atoms with Crippen LogP contribution < -0.4 is 10.1 Å². The van der Waals surface area contributed by atoms with Gasteiger partial charge in [0.05, 0.1) is 0 Å². The molecule has 1 atom stereocenters. The molecular formula is C19H22FNO2S. The topological polar surface area (TPSA) is 38.3 Å². The Bertz CT molecular complexity index is 661. The Hall–Kier alpha value is -2.01. The molecule has 128 valence electrons. The smallest absolute Gasteiger partial charge is 0.260 e. The van der Waals surface area contributed by atoms with Crippen LogP contribution in [-0.2, 0) is 10.5 Å². The number of amides is 1. The number of carbonyl (C=O) groups excluding carboxylic acids is 1. The molecule has 1 N–H and O–H groups in total. The summed E-state index contributed by atoms with van der Waals surface area (Å²) in [6, 6.07) is 13.9. The number of ether oxygens (including phenoxy) is 1. The average molecular weight is 347 g/mol. The van der Waals surface area contributed by atoms with Crippen molar-refractivity contribution in [2.75, 3.05) is 12.3 Å². The summed E-state index contributed by atoms with van der Waals surface area (Å²) in [5, 5.41) is 2.86. The van der Waals surface area contributed by atoms with Crippen LogP contribution in [-0.4, -0.2) is 24.3 Å². The van der Waals surface area contributed by atoms with Crippen LogP contribution in [0.4, 0.5) is 4.39 Å². The lowest BCUT2D eigenvalue weighted by Gasteiger charge is -2.14. The van der Waals surface area contributed by atoms with Crippen LogP contribution in [0.3, 0.4) is 0 Å². The third kappa shape index (κ3) is 5.89. The number of hydrogen-bond donors (Lipinski definition) is 1. The van der Waals surface area contributed by atoms with Crippen LogP contribution >= 0.6 is 11.8 Å². The van der Waals surface area contributed by atoms with Crippen molar-refractivity contribution in [3.8, 4) is 5.75 Å². The van der Waals surface area contributed by atoms with E-state index in [1.807, 2.05) is 12.1 Å². The lowest BCUT2D eigenvalue weighted by atomic mass is 10.1. The standard InChI is InChI=1S/C19H22FNO2S/c1-14-5-3-4-6-16(14)13-24-12-11-21-19(22)15(2)23-18-9-7-17(20)8-10-18/h3-10,15H,11-13H2,1-2H3,(H,21,22)/t15-/m0/s1. The molecule has 24 heavy (non-hydrogen) atoms. The molecule has 0 aromatic heterocycles. The molecule has 0 fully saturated rings. The summed E-state index contributed by atoms with van der Waals surface area (Å²) in [7, 11) is 0. The van der Waals surface area contributed by atoms with E-state index in [0.717, 1.165) is 11.5 Å². The Balaban J connectivity index is 1.65. The molecule has 0 spiro atoms. The van der Waals surface area contributed by atoms with Crippen molar-refractivity contribution >= 4 is 17.7 Å². The molecule has 0 saturated carbocycles. The van der Waals surface area contributed by atoms with Crippen molar-refractivity contribution in [1.29, 1.82) is 0 Å². The third-order valence-electron chi connectivity index (χ3n) is 3.56. The van der Waals surface area contributed by atoms with E-state index in [2.05, 4.69) is 24.4 Å². The number of rotatable bonds is 8. The number of halogens is 1. The third-order valence-corrected chi connectivity index (χ3v) is 4.57. The van der Waals surface area contributed by atoms with Gasteiger partial charge in [-0.1, -0.05) is 24.3 Å². The first-order chi connectivity index (χ1) is 11.6. The van der Waals surface area contributed by atoms with Crippen molar-refractivity contribution < 1.29 is 13.9 Å². The zero-order valence-corrected chi connectivity index (χ0v) is 14.7. The van der Waals surface area contributed by atoms with Crippen LogP contribution in [0, 0.1) is 12.7 Å². The second-order valence-corrected chi connectivity index (χ2v) is 6.59. The van der Waals surface area contributed by atoms with Crippen molar-refractivity contribution in [3.05, 3.63) is 65.5 Å². The Morgan fingerprint density at radius 2 is 1.92 bits per heavy atom. The quantitative estimate of drug-likeness (QED) is 0.735. The van der Waals surface area contributed by atoms with Crippen LogP contribution in [0.2, 0.25) is 0 Å². The van der Waals surface area contributed by atoms with Crippen molar-refractivity contribution in [2.24, 2.45) is 0 Å². The Labute approximate surface area is 146 Å². The molecule has 0 aliphatic carbocycles. The lowest BCUT2D eigenvalue weighted by Crippen LogP contribution is -2.37. The van der Waals surface area contributed by atoms with Crippen LogP contribution in [0.25, 0.3) is 0 Å². The summed E-state index contributed by atoms with van der Waals surface area (Å²) in [6.07, 6.45) is -0.614. The number of nitrogens with one attached hydrogen (secondary N) is 1. The van der Waals surface area contributed by atoms with Gasteiger partial charge in [-0.2, -0.15) is 11.8 Å². The summed E-state index contributed by atoms with van der Waals surface area (Å²) in [6.45, 7) is 4.37. The van der Waals surface area contributed by atoms with Gasteiger partial charge in [-0.05, 0) is 49.2 Å². The van der Waals surface area contributed by atoms with Gasteiger partial charge in [-0.15, -0.1) is 0 Å². The van der Waals surface area contributed by atoms with Gasteiger partial charge in [0.25, 0.3) is 5.91 Å². The molecule has 0 radical (unpaired) electrons. The van der Waals surface area contributed by atoms with E-state index in [1.54, 1.807) is 18.7 Å². The molecule has 1 amide bonds. The van der Waals surface area contributed by atoms with Crippen molar-refractivity contribution in [1.82, 2.24) is 5.32 Å². The highest BCUT2D eigenvalue weighted by molar-refractivity contribution is 7.98. The SMILES string of the molecule is Cc1ccccc1CSCCNC(=O)[C@H](C)Oc1ccc(F)cc1. The zero-order valence-electron chi connectivity index (χ0n) is 13.9. The highest BCUT2D eigenvalue weighted by atomic mass is 32.2. The predicted molar refractivity (Wildman–Crippen MR) is 96.8 cm³/mol. The van der Waals surface area contributed by atoms with Gasteiger partial charge in [0.15, 0.2) is 6.10 Å². The van der Waals surface area contributed by atoms with E-state index in [-0.39, 0.29) is 11.7 Å².